The Balaban J connectivity index is 2.16. The summed E-state index contributed by atoms with van der Waals surface area (Å²) in [6.45, 7) is 4.50. The molecule has 0 spiro atoms. The summed E-state index contributed by atoms with van der Waals surface area (Å²) in [6.07, 6.45) is 11.3. The molecule has 0 heterocycles. The smallest absolute Gasteiger partial charge is 0.122 e. The third-order valence-electron chi connectivity index (χ3n) is 3.46. The summed E-state index contributed by atoms with van der Waals surface area (Å²) in [6, 6.07) is 6.66. The SMILES string of the molecule is COc1cc(CC(C)C)ccc1CC1=CCCC=C1. The highest BCUT2D eigenvalue weighted by molar-refractivity contribution is 5.42. The van der Waals surface area contributed by atoms with Gasteiger partial charge in [-0.1, -0.05) is 44.2 Å². The molecule has 0 fully saturated rings. The van der Waals surface area contributed by atoms with Crippen LogP contribution < -0.4 is 4.74 Å². The van der Waals surface area contributed by atoms with Gasteiger partial charge < -0.3 is 4.74 Å². The van der Waals surface area contributed by atoms with Gasteiger partial charge >= 0.3 is 0 Å². The fraction of sp³-hybridized carbons (Fsp3) is 0.444. The molecule has 0 radical (unpaired) electrons. The molecule has 0 bridgehead atoms. The van der Waals surface area contributed by atoms with Crippen molar-refractivity contribution in [2.75, 3.05) is 7.11 Å². The molecule has 102 valence electrons. The summed E-state index contributed by atoms with van der Waals surface area (Å²) in [5, 5.41) is 0. The molecule has 0 aromatic heterocycles. The van der Waals surface area contributed by atoms with Crippen LogP contribution in [0, 0.1) is 5.92 Å². The number of rotatable bonds is 5. The summed E-state index contributed by atoms with van der Waals surface area (Å²) in [5.74, 6) is 1.71. The highest BCUT2D eigenvalue weighted by Gasteiger charge is 2.08. The molecule has 0 saturated carbocycles. The molecular weight excluding hydrogens is 232 g/mol. The van der Waals surface area contributed by atoms with E-state index in [1.807, 2.05) is 0 Å². The molecule has 0 aliphatic heterocycles. The Labute approximate surface area is 117 Å². The van der Waals surface area contributed by atoms with Crippen LogP contribution in [0.3, 0.4) is 0 Å². The molecule has 1 aromatic rings. The second-order valence-electron chi connectivity index (χ2n) is 5.68. The van der Waals surface area contributed by atoms with Crippen LogP contribution in [0.15, 0.2) is 42.0 Å². The lowest BCUT2D eigenvalue weighted by molar-refractivity contribution is 0.409. The van der Waals surface area contributed by atoms with Crippen molar-refractivity contribution in [2.45, 2.75) is 39.5 Å². The quantitative estimate of drug-likeness (QED) is 0.741. The first kappa shape index (κ1) is 13.9. The third kappa shape index (κ3) is 3.99. The van der Waals surface area contributed by atoms with Gasteiger partial charge in [0.05, 0.1) is 7.11 Å². The van der Waals surface area contributed by atoms with Gasteiger partial charge in [0.25, 0.3) is 0 Å². The van der Waals surface area contributed by atoms with Crippen LogP contribution in [0.25, 0.3) is 0 Å². The van der Waals surface area contributed by atoms with Crippen LogP contribution in [-0.2, 0) is 12.8 Å². The van der Waals surface area contributed by atoms with Crippen molar-refractivity contribution in [2.24, 2.45) is 5.92 Å². The summed E-state index contributed by atoms with van der Waals surface area (Å²) in [4.78, 5) is 0. The Bertz CT molecular complexity index is 480. The summed E-state index contributed by atoms with van der Waals surface area (Å²) in [5.41, 5.74) is 4.05. The van der Waals surface area contributed by atoms with Crippen LogP contribution in [0.2, 0.25) is 0 Å². The van der Waals surface area contributed by atoms with Gasteiger partial charge in [0.1, 0.15) is 5.75 Å². The lowest BCUT2D eigenvalue weighted by Crippen LogP contribution is -1.99. The van der Waals surface area contributed by atoms with E-state index in [-0.39, 0.29) is 0 Å². The minimum Gasteiger partial charge on any atom is -0.496 e. The number of hydrogen-bond donors (Lipinski definition) is 0. The molecule has 1 nitrogen and oxygen atoms in total. The maximum absolute atomic E-state index is 5.56. The van der Waals surface area contributed by atoms with E-state index < -0.39 is 0 Å². The highest BCUT2D eigenvalue weighted by atomic mass is 16.5. The first-order valence-corrected chi connectivity index (χ1v) is 7.20. The molecule has 0 atom stereocenters. The summed E-state index contributed by atoms with van der Waals surface area (Å²) >= 11 is 0. The third-order valence-corrected chi connectivity index (χ3v) is 3.46. The molecule has 19 heavy (non-hydrogen) atoms. The van der Waals surface area contributed by atoms with Crippen LogP contribution in [-0.4, -0.2) is 7.11 Å². The van der Waals surface area contributed by atoms with Gasteiger partial charge in [0, 0.05) is 6.42 Å². The topological polar surface area (TPSA) is 9.23 Å². The lowest BCUT2D eigenvalue weighted by Gasteiger charge is -2.13. The Kier molecular flexibility index (Phi) is 4.84. The Hall–Kier alpha value is -1.50. The zero-order valence-electron chi connectivity index (χ0n) is 12.3. The molecule has 1 aliphatic carbocycles. The number of allylic oxidation sites excluding steroid dienone is 4. The van der Waals surface area contributed by atoms with E-state index in [2.05, 4.69) is 50.3 Å². The number of benzene rings is 1. The molecule has 1 aromatic carbocycles. The van der Waals surface area contributed by atoms with Crippen LogP contribution in [0.4, 0.5) is 0 Å². The molecule has 1 heteroatoms. The van der Waals surface area contributed by atoms with Crippen LogP contribution in [0.5, 0.6) is 5.75 Å². The van der Waals surface area contributed by atoms with Crippen molar-refractivity contribution >= 4 is 0 Å². The average Bonchev–Trinajstić information content (AvgIpc) is 2.41. The first-order chi connectivity index (χ1) is 9.19. The molecule has 0 amide bonds. The normalized spacial score (nSPS) is 14.6. The maximum atomic E-state index is 5.56. The van der Waals surface area contributed by atoms with Crippen molar-refractivity contribution in [1.82, 2.24) is 0 Å². The zero-order valence-corrected chi connectivity index (χ0v) is 12.3. The van der Waals surface area contributed by atoms with E-state index >= 15 is 0 Å². The monoisotopic (exact) mass is 256 g/mol. The summed E-state index contributed by atoms with van der Waals surface area (Å²) < 4.78 is 5.56. The van der Waals surface area contributed by atoms with E-state index in [9.17, 15) is 0 Å². The van der Waals surface area contributed by atoms with Gasteiger partial charge in [-0.15, -0.1) is 0 Å². The van der Waals surface area contributed by atoms with Gasteiger partial charge in [-0.25, -0.2) is 0 Å². The number of hydrogen-bond acceptors (Lipinski definition) is 1. The van der Waals surface area contributed by atoms with Gasteiger partial charge in [-0.3, -0.25) is 0 Å². The minimum atomic E-state index is 0.680. The van der Waals surface area contributed by atoms with E-state index in [1.165, 1.54) is 29.5 Å². The molecule has 2 rings (SSSR count). The van der Waals surface area contributed by atoms with E-state index in [0.717, 1.165) is 18.6 Å². The predicted octanol–water partition coefficient (Wildman–Crippen LogP) is 4.71. The Morgan fingerprint density at radius 3 is 2.68 bits per heavy atom. The molecule has 0 saturated heterocycles. The highest BCUT2D eigenvalue weighted by Crippen LogP contribution is 2.25. The minimum absolute atomic E-state index is 0.680. The van der Waals surface area contributed by atoms with Crippen LogP contribution in [0.1, 0.15) is 37.8 Å². The van der Waals surface area contributed by atoms with Crippen molar-refractivity contribution in [3.05, 3.63) is 53.1 Å². The van der Waals surface area contributed by atoms with Gasteiger partial charge in [-0.05, 0) is 47.9 Å². The molecular formula is C18H24O. The van der Waals surface area contributed by atoms with Gasteiger partial charge in [0.15, 0.2) is 0 Å². The molecule has 0 unspecified atom stereocenters. The lowest BCUT2D eigenvalue weighted by atomic mass is 9.96. The fourth-order valence-corrected chi connectivity index (χ4v) is 2.55. The van der Waals surface area contributed by atoms with E-state index in [0.29, 0.717) is 5.92 Å². The van der Waals surface area contributed by atoms with Gasteiger partial charge in [-0.2, -0.15) is 0 Å². The molecule has 0 N–H and O–H groups in total. The first-order valence-electron chi connectivity index (χ1n) is 7.20. The van der Waals surface area contributed by atoms with Crippen molar-refractivity contribution in [3.63, 3.8) is 0 Å². The summed E-state index contributed by atoms with van der Waals surface area (Å²) in [7, 11) is 1.77. The van der Waals surface area contributed by atoms with E-state index in [1.54, 1.807) is 7.11 Å². The fourth-order valence-electron chi connectivity index (χ4n) is 2.55. The second kappa shape index (κ2) is 6.60. The second-order valence-corrected chi connectivity index (χ2v) is 5.68. The zero-order chi connectivity index (χ0) is 13.7. The van der Waals surface area contributed by atoms with Gasteiger partial charge in [0.2, 0.25) is 0 Å². The Morgan fingerprint density at radius 1 is 1.21 bits per heavy atom. The maximum Gasteiger partial charge on any atom is 0.122 e. The average molecular weight is 256 g/mol. The van der Waals surface area contributed by atoms with Crippen molar-refractivity contribution in [3.8, 4) is 5.75 Å². The standard InChI is InChI=1S/C18H24O/c1-14(2)11-16-9-10-17(18(13-16)19-3)12-15-7-5-4-6-8-15/h5,7-10,13-14H,4,6,11-12H2,1-3H3. The van der Waals surface area contributed by atoms with E-state index in [4.69, 9.17) is 4.74 Å². The Morgan fingerprint density at radius 2 is 2.05 bits per heavy atom. The number of ether oxygens (including phenoxy) is 1. The van der Waals surface area contributed by atoms with Crippen molar-refractivity contribution in [1.29, 1.82) is 0 Å². The largest absolute Gasteiger partial charge is 0.496 e. The van der Waals surface area contributed by atoms with Crippen molar-refractivity contribution < 1.29 is 4.74 Å². The number of methoxy groups -OCH3 is 1. The predicted molar refractivity (Wildman–Crippen MR) is 81.7 cm³/mol. The van der Waals surface area contributed by atoms with Crippen LogP contribution >= 0.6 is 0 Å². The molecule has 1 aliphatic rings.